The van der Waals surface area contributed by atoms with Gasteiger partial charge in [0.1, 0.15) is 4.88 Å². The average molecular weight is 416 g/mol. The maximum Gasteiger partial charge on any atom is 0.263 e. The number of fused-ring (bicyclic) bond motifs is 1. The third-order valence-electron chi connectivity index (χ3n) is 4.24. The van der Waals surface area contributed by atoms with E-state index in [2.05, 4.69) is 10.6 Å². The smallest absolute Gasteiger partial charge is 0.263 e. The van der Waals surface area contributed by atoms with Crippen LogP contribution in [0, 0.1) is 0 Å². The van der Waals surface area contributed by atoms with Crippen molar-refractivity contribution in [1.82, 2.24) is 15.5 Å². The number of nitrogens with zero attached hydrogens (tertiary/aromatic N) is 1. The zero-order valence-electron chi connectivity index (χ0n) is 15.7. The SMILES string of the molecule is CN(C)C[C@@H](NC(=O)CNC(=O)c1sc2ccccc2c1Cl)c1ccccc1. The Morgan fingerprint density at radius 3 is 2.43 bits per heavy atom. The molecule has 0 aliphatic carbocycles. The van der Waals surface area contributed by atoms with Crippen molar-refractivity contribution < 1.29 is 9.59 Å². The second-order valence-corrected chi connectivity index (χ2v) is 8.15. The summed E-state index contributed by atoms with van der Waals surface area (Å²) in [6.07, 6.45) is 0. The second kappa shape index (κ2) is 9.19. The third kappa shape index (κ3) is 4.90. The molecule has 1 heterocycles. The van der Waals surface area contributed by atoms with E-state index in [4.69, 9.17) is 11.6 Å². The standard InChI is InChI=1S/C21H22ClN3O2S/c1-25(2)13-16(14-8-4-3-5-9-14)24-18(26)12-23-21(27)20-19(22)15-10-6-7-11-17(15)28-20/h3-11,16H,12-13H2,1-2H3,(H,23,27)(H,24,26)/t16-/m1/s1. The van der Waals surface area contributed by atoms with Crippen LogP contribution in [0.1, 0.15) is 21.3 Å². The zero-order valence-corrected chi connectivity index (χ0v) is 17.3. The van der Waals surface area contributed by atoms with Gasteiger partial charge in [-0.3, -0.25) is 9.59 Å². The molecular weight excluding hydrogens is 394 g/mol. The Kier molecular flexibility index (Phi) is 6.67. The van der Waals surface area contributed by atoms with E-state index in [0.29, 0.717) is 16.4 Å². The first-order valence-electron chi connectivity index (χ1n) is 8.90. The maximum atomic E-state index is 12.5. The van der Waals surface area contributed by atoms with Crippen LogP contribution in [-0.4, -0.2) is 43.9 Å². The van der Waals surface area contributed by atoms with Crippen LogP contribution in [0.15, 0.2) is 54.6 Å². The molecule has 3 aromatic rings. The molecule has 0 fully saturated rings. The summed E-state index contributed by atoms with van der Waals surface area (Å²) in [5.74, 6) is -0.591. The lowest BCUT2D eigenvalue weighted by molar-refractivity contribution is -0.121. The number of halogens is 1. The Bertz CT molecular complexity index is 972. The van der Waals surface area contributed by atoms with E-state index in [1.165, 1.54) is 11.3 Å². The van der Waals surface area contributed by atoms with Crippen LogP contribution >= 0.6 is 22.9 Å². The van der Waals surface area contributed by atoms with Crippen molar-refractivity contribution in [2.75, 3.05) is 27.2 Å². The van der Waals surface area contributed by atoms with Crippen LogP contribution in [-0.2, 0) is 4.79 Å². The first kappa shape index (κ1) is 20.3. The van der Waals surface area contributed by atoms with Crippen LogP contribution in [0.2, 0.25) is 5.02 Å². The molecule has 7 heteroatoms. The Hall–Kier alpha value is -2.41. The first-order chi connectivity index (χ1) is 13.5. The molecule has 0 saturated heterocycles. The largest absolute Gasteiger partial charge is 0.346 e. The zero-order chi connectivity index (χ0) is 20.1. The van der Waals surface area contributed by atoms with Crippen molar-refractivity contribution in [3.8, 4) is 0 Å². The fourth-order valence-electron chi connectivity index (χ4n) is 2.93. The monoisotopic (exact) mass is 415 g/mol. The molecule has 0 aliphatic rings. The van der Waals surface area contributed by atoms with E-state index in [1.54, 1.807) is 0 Å². The number of amides is 2. The van der Waals surface area contributed by atoms with Gasteiger partial charge in [0.05, 0.1) is 17.6 Å². The number of hydrogen-bond acceptors (Lipinski definition) is 4. The molecule has 5 nitrogen and oxygen atoms in total. The van der Waals surface area contributed by atoms with Crippen LogP contribution < -0.4 is 10.6 Å². The molecule has 1 atom stereocenters. The highest BCUT2D eigenvalue weighted by molar-refractivity contribution is 7.21. The maximum absolute atomic E-state index is 12.5. The summed E-state index contributed by atoms with van der Waals surface area (Å²) in [6, 6.07) is 17.2. The van der Waals surface area contributed by atoms with Crippen molar-refractivity contribution in [1.29, 1.82) is 0 Å². The highest BCUT2D eigenvalue weighted by Gasteiger charge is 2.19. The lowest BCUT2D eigenvalue weighted by Gasteiger charge is -2.23. The lowest BCUT2D eigenvalue weighted by Crippen LogP contribution is -2.41. The summed E-state index contributed by atoms with van der Waals surface area (Å²) >= 11 is 7.65. The highest BCUT2D eigenvalue weighted by Crippen LogP contribution is 2.34. The molecule has 0 radical (unpaired) electrons. The molecule has 1 aromatic heterocycles. The number of rotatable bonds is 7. The van der Waals surface area contributed by atoms with Gasteiger partial charge in [-0.2, -0.15) is 0 Å². The van der Waals surface area contributed by atoms with Gasteiger partial charge in [0.2, 0.25) is 5.91 Å². The van der Waals surface area contributed by atoms with E-state index in [1.807, 2.05) is 73.6 Å². The van der Waals surface area contributed by atoms with Crippen molar-refractivity contribution in [3.05, 3.63) is 70.1 Å². The third-order valence-corrected chi connectivity index (χ3v) is 5.91. The summed E-state index contributed by atoms with van der Waals surface area (Å²) in [5, 5.41) is 6.93. The molecule has 28 heavy (non-hydrogen) atoms. The number of hydrogen-bond donors (Lipinski definition) is 2. The van der Waals surface area contributed by atoms with Crippen LogP contribution in [0.3, 0.4) is 0 Å². The van der Waals surface area contributed by atoms with E-state index >= 15 is 0 Å². The van der Waals surface area contributed by atoms with Crippen LogP contribution in [0.5, 0.6) is 0 Å². The first-order valence-corrected chi connectivity index (χ1v) is 10.1. The summed E-state index contributed by atoms with van der Waals surface area (Å²) in [5.41, 5.74) is 1.02. The van der Waals surface area contributed by atoms with E-state index in [0.717, 1.165) is 15.6 Å². The van der Waals surface area contributed by atoms with E-state index < -0.39 is 0 Å². The molecule has 0 spiro atoms. The Morgan fingerprint density at radius 1 is 1.07 bits per heavy atom. The number of carbonyl (C=O) groups is 2. The van der Waals surface area contributed by atoms with Gasteiger partial charge in [0.15, 0.2) is 0 Å². The summed E-state index contributed by atoms with van der Waals surface area (Å²) in [7, 11) is 3.90. The average Bonchev–Trinajstić information content (AvgIpc) is 3.03. The van der Waals surface area contributed by atoms with Gasteiger partial charge in [0.25, 0.3) is 5.91 Å². The van der Waals surface area contributed by atoms with Crippen LogP contribution in [0.25, 0.3) is 10.1 Å². The number of nitrogens with one attached hydrogen (secondary N) is 2. The fraction of sp³-hybridized carbons (Fsp3) is 0.238. The molecule has 0 saturated carbocycles. The van der Waals surface area contributed by atoms with Gasteiger partial charge in [-0.15, -0.1) is 11.3 Å². The van der Waals surface area contributed by atoms with Crippen molar-refractivity contribution in [2.24, 2.45) is 0 Å². The van der Waals surface area contributed by atoms with Gasteiger partial charge in [-0.1, -0.05) is 60.1 Å². The lowest BCUT2D eigenvalue weighted by atomic mass is 10.1. The molecule has 0 bridgehead atoms. The summed E-state index contributed by atoms with van der Waals surface area (Å²) in [4.78, 5) is 27.4. The van der Waals surface area contributed by atoms with Gasteiger partial charge in [-0.05, 0) is 25.7 Å². The fourth-order valence-corrected chi connectivity index (χ4v) is 4.36. The van der Waals surface area contributed by atoms with E-state index in [9.17, 15) is 9.59 Å². The number of likely N-dealkylation sites (N-methyl/N-ethyl adjacent to an activating group) is 1. The van der Waals surface area contributed by atoms with Crippen molar-refractivity contribution in [3.63, 3.8) is 0 Å². The number of benzene rings is 2. The normalized spacial score (nSPS) is 12.1. The molecule has 2 aromatic carbocycles. The summed E-state index contributed by atoms with van der Waals surface area (Å²) in [6.45, 7) is 0.548. The Morgan fingerprint density at radius 2 is 1.75 bits per heavy atom. The Labute approximate surface area is 173 Å². The molecule has 2 N–H and O–H groups in total. The molecule has 0 aliphatic heterocycles. The number of carbonyl (C=O) groups excluding carboxylic acids is 2. The summed E-state index contributed by atoms with van der Waals surface area (Å²) < 4.78 is 0.942. The van der Waals surface area contributed by atoms with Gasteiger partial charge < -0.3 is 15.5 Å². The minimum atomic E-state index is -0.342. The molecular formula is C21H22ClN3O2S. The predicted octanol–water partition coefficient (Wildman–Crippen LogP) is 3.70. The van der Waals surface area contributed by atoms with E-state index in [-0.39, 0.29) is 24.4 Å². The van der Waals surface area contributed by atoms with Gasteiger partial charge in [0, 0.05) is 16.6 Å². The predicted molar refractivity (Wildman–Crippen MR) is 115 cm³/mol. The molecule has 3 rings (SSSR count). The minimum Gasteiger partial charge on any atom is -0.346 e. The topological polar surface area (TPSA) is 61.4 Å². The second-order valence-electron chi connectivity index (χ2n) is 6.72. The van der Waals surface area contributed by atoms with Gasteiger partial charge in [-0.25, -0.2) is 0 Å². The van der Waals surface area contributed by atoms with Crippen LogP contribution in [0.4, 0.5) is 0 Å². The molecule has 146 valence electrons. The number of thiophene rings is 1. The van der Waals surface area contributed by atoms with Crippen molar-refractivity contribution in [2.45, 2.75) is 6.04 Å². The quantitative estimate of drug-likeness (QED) is 0.618. The minimum absolute atomic E-state index is 0.111. The molecule has 2 amide bonds. The Balaban J connectivity index is 1.63. The van der Waals surface area contributed by atoms with Crippen molar-refractivity contribution >= 4 is 44.8 Å². The highest BCUT2D eigenvalue weighted by atomic mass is 35.5. The molecule has 0 unspecified atom stereocenters. The van der Waals surface area contributed by atoms with Gasteiger partial charge >= 0.3 is 0 Å².